The Morgan fingerprint density at radius 2 is 2.05 bits per heavy atom. The Labute approximate surface area is 130 Å². The van der Waals surface area contributed by atoms with Gasteiger partial charge in [-0.15, -0.1) is 0 Å². The highest BCUT2D eigenvalue weighted by Gasteiger charge is 2.37. The van der Waals surface area contributed by atoms with Gasteiger partial charge in [0, 0.05) is 12.2 Å². The molecule has 0 saturated carbocycles. The van der Waals surface area contributed by atoms with E-state index in [1.165, 1.54) is 0 Å². The number of unbranched alkanes of at least 4 members (excludes halogenated alkanes) is 1. The van der Waals surface area contributed by atoms with Crippen molar-refractivity contribution in [3.05, 3.63) is 30.3 Å². The smallest absolute Gasteiger partial charge is 0.328 e. The van der Waals surface area contributed by atoms with Crippen molar-refractivity contribution in [2.75, 3.05) is 18.1 Å². The molecule has 2 rings (SSSR count). The number of carbonyl (C=O) groups excluding carboxylic acids is 1. The first-order chi connectivity index (χ1) is 10.6. The van der Waals surface area contributed by atoms with Gasteiger partial charge in [0.05, 0.1) is 12.5 Å². The van der Waals surface area contributed by atoms with Crippen LogP contribution in [0.4, 0.5) is 5.69 Å². The zero-order valence-electron chi connectivity index (χ0n) is 12.9. The highest BCUT2D eigenvalue weighted by atomic mass is 16.5. The summed E-state index contributed by atoms with van der Waals surface area (Å²) >= 11 is 0. The van der Waals surface area contributed by atoms with Crippen molar-refractivity contribution in [3.8, 4) is 0 Å². The van der Waals surface area contributed by atoms with Crippen molar-refractivity contribution in [1.82, 2.24) is 0 Å². The molecule has 1 N–H and O–H groups in total. The van der Waals surface area contributed by atoms with Crippen LogP contribution in [0.25, 0.3) is 0 Å². The van der Waals surface area contributed by atoms with Gasteiger partial charge in [-0.05, 0) is 31.4 Å². The van der Waals surface area contributed by atoms with Crippen LogP contribution < -0.4 is 4.90 Å². The van der Waals surface area contributed by atoms with Crippen LogP contribution >= 0.6 is 0 Å². The molecule has 1 aromatic carbocycles. The van der Waals surface area contributed by atoms with E-state index in [1.54, 1.807) is 0 Å². The molecule has 1 aromatic rings. The molecule has 1 heterocycles. The molecule has 0 spiro atoms. The fourth-order valence-corrected chi connectivity index (χ4v) is 2.75. The summed E-state index contributed by atoms with van der Waals surface area (Å²) in [6, 6.07) is 9.10. The Morgan fingerprint density at radius 1 is 1.32 bits per heavy atom. The number of aliphatic carboxylic acids is 1. The molecule has 2 unspecified atom stereocenters. The molecule has 0 aliphatic carbocycles. The predicted molar refractivity (Wildman–Crippen MR) is 83.8 cm³/mol. The minimum Gasteiger partial charge on any atom is -0.481 e. The maximum Gasteiger partial charge on any atom is 0.328 e. The number of carboxylic acid groups (broad SMARTS) is 1. The van der Waals surface area contributed by atoms with Gasteiger partial charge in [-0.3, -0.25) is 4.79 Å². The van der Waals surface area contributed by atoms with Crippen molar-refractivity contribution in [1.29, 1.82) is 0 Å². The van der Waals surface area contributed by atoms with E-state index in [2.05, 4.69) is 0 Å². The van der Waals surface area contributed by atoms with E-state index in [9.17, 15) is 14.7 Å². The fourth-order valence-electron chi connectivity index (χ4n) is 2.75. The maximum absolute atomic E-state index is 12.4. The van der Waals surface area contributed by atoms with Crippen LogP contribution in [0, 0.1) is 5.92 Å². The van der Waals surface area contributed by atoms with Crippen molar-refractivity contribution in [2.45, 2.75) is 38.6 Å². The summed E-state index contributed by atoms with van der Waals surface area (Å²) < 4.78 is 5.33. The molecule has 5 nitrogen and oxygen atoms in total. The zero-order chi connectivity index (χ0) is 15.9. The molecule has 120 valence electrons. The molecular formula is C17H23NO4. The van der Waals surface area contributed by atoms with Crippen molar-refractivity contribution in [3.63, 3.8) is 0 Å². The predicted octanol–water partition coefficient (Wildman–Crippen LogP) is 2.70. The summed E-state index contributed by atoms with van der Waals surface area (Å²) in [4.78, 5) is 25.6. The normalized spacial score (nSPS) is 21.4. The second-order valence-corrected chi connectivity index (χ2v) is 5.63. The Morgan fingerprint density at radius 3 is 2.68 bits per heavy atom. The lowest BCUT2D eigenvalue weighted by Gasteiger charge is -2.38. The van der Waals surface area contributed by atoms with Gasteiger partial charge in [0.15, 0.2) is 0 Å². The third kappa shape index (κ3) is 4.00. The van der Waals surface area contributed by atoms with E-state index >= 15 is 0 Å². The first kappa shape index (κ1) is 16.3. The number of para-hydroxylation sites is 1. The number of nitrogens with zero attached hydrogens (tertiary/aromatic N) is 1. The first-order valence-electron chi connectivity index (χ1n) is 7.84. The molecule has 1 aliphatic rings. The number of hydrogen-bond donors (Lipinski definition) is 1. The third-order valence-corrected chi connectivity index (χ3v) is 4.05. The average molecular weight is 305 g/mol. The number of carboxylic acids is 1. The third-order valence-electron chi connectivity index (χ3n) is 4.05. The number of hydrogen-bond acceptors (Lipinski definition) is 4. The Kier molecular flexibility index (Phi) is 5.81. The number of benzene rings is 1. The minimum atomic E-state index is -0.834. The van der Waals surface area contributed by atoms with Gasteiger partial charge < -0.3 is 14.7 Å². The summed E-state index contributed by atoms with van der Waals surface area (Å²) in [5.41, 5.74) is 0.934. The Hall–Kier alpha value is -2.04. The van der Waals surface area contributed by atoms with Gasteiger partial charge in [0.25, 0.3) is 0 Å². The second-order valence-electron chi connectivity index (χ2n) is 5.63. The van der Waals surface area contributed by atoms with Crippen LogP contribution in [-0.2, 0) is 14.3 Å². The van der Waals surface area contributed by atoms with E-state index in [4.69, 9.17) is 4.74 Å². The van der Waals surface area contributed by atoms with E-state index in [-0.39, 0.29) is 5.97 Å². The van der Waals surface area contributed by atoms with Crippen LogP contribution in [0.3, 0.4) is 0 Å². The molecule has 0 bridgehead atoms. The summed E-state index contributed by atoms with van der Waals surface area (Å²) in [5, 5.41) is 9.24. The van der Waals surface area contributed by atoms with E-state index in [0.717, 1.165) is 18.5 Å². The van der Waals surface area contributed by atoms with Gasteiger partial charge in [-0.25, -0.2) is 4.79 Å². The Bertz CT molecular complexity index is 503. The summed E-state index contributed by atoms with van der Waals surface area (Å²) in [6.07, 6.45) is 2.63. The number of carbonyl (C=O) groups is 2. The maximum atomic E-state index is 12.4. The highest BCUT2D eigenvalue weighted by Crippen LogP contribution is 2.29. The topological polar surface area (TPSA) is 66.8 Å². The molecule has 1 aliphatic heterocycles. The van der Waals surface area contributed by atoms with Crippen molar-refractivity contribution >= 4 is 17.6 Å². The largest absolute Gasteiger partial charge is 0.481 e. The Balaban J connectivity index is 2.12. The van der Waals surface area contributed by atoms with Crippen LogP contribution in [0.1, 0.15) is 32.6 Å². The van der Waals surface area contributed by atoms with Gasteiger partial charge in [0.2, 0.25) is 0 Å². The fraction of sp³-hybridized carbons (Fsp3) is 0.529. The highest BCUT2D eigenvalue weighted by molar-refractivity contribution is 5.82. The van der Waals surface area contributed by atoms with Gasteiger partial charge in [-0.2, -0.15) is 0 Å². The van der Waals surface area contributed by atoms with Crippen LogP contribution in [0.15, 0.2) is 30.3 Å². The number of piperidine rings is 1. The van der Waals surface area contributed by atoms with Crippen LogP contribution in [0.5, 0.6) is 0 Å². The van der Waals surface area contributed by atoms with Gasteiger partial charge in [-0.1, -0.05) is 31.5 Å². The molecule has 1 fully saturated rings. The number of rotatable bonds is 6. The molecule has 0 amide bonds. The van der Waals surface area contributed by atoms with E-state index in [0.29, 0.717) is 26.0 Å². The molecule has 0 radical (unpaired) electrons. The quantitative estimate of drug-likeness (QED) is 0.646. The molecule has 1 saturated heterocycles. The lowest BCUT2D eigenvalue weighted by Crippen LogP contribution is -2.49. The minimum absolute atomic E-state index is 0.301. The molecule has 2 atom stereocenters. The van der Waals surface area contributed by atoms with E-state index < -0.39 is 17.9 Å². The second kappa shape index (κ2) is 7.82. The number of esters is 1. The van der Waals surface area contributed by atoms with Gasteiger partial charge in [0.1, 0.15) is 6.04 Å². The summed E-state index contributed by atoms with van der Waals surface area (Å²) in [5.74, 6) is -1.63. The number of anilines is 1. The molecule has 22 heavy (non-hydrogen) atoms. The molecule has 0 aromatic heterocycles. The van der Waals surface area contributed by atoms with Crippen molar-refractivity contribution in [2.24, 2.45) is 5.92 Å². The standard InChI is InChI=1S/C17H23NO4/c1-2-3-11-22-17(21)15-12-13(16(19)20)9-10-18(15)14-7-5-4-6-8-14/h4-8,13,15H,2-3,9-12H2,1H3,(H,19,20). The lowest BCUT2D eigenvalue weighted by molar-refractivity contribution is -0.148. The zero-order valence-corrected chi connectivity index (χ0v) is 12.9. The van der Waals surface area contributed by atoms with E-state index in [1.807, 2.05) is 42.2 Å². The van der Waals surface area contributed by atoms with Crippen LogP contribution in [0.2, 0.25) is 0 Å². The first-order valence-corrected chi connectivity index (χ1v) is 7.84. The monoisotopic (exact) mass is 305 g/mol. The number of ether oxygens (including phenoxy) is 1. The summed E-state index contributed by atoms with van der Waals surface area (Å²) in [7, 11) is 0. The SMILES string of the molecule is CCCCOC(=O)C1CC(C(=O)O)CCN1c1ccccc1. The molecular weight excluding hydrogens is 282 g/mol. The van der Waals surface area contributed by atoms with Crippen LogP contribution in [-0.4, -0.2) is 36.2 Å². The van der Waals surface area contributed by atoms with Crippen molar-refractivity contribution < 1.29 is 19.4 Å². The average Bonchev–Trinajstić information content (AvgIpc) is 2.55. The van der Waals surface area contributed by atoms with Gasteiger partial charge >= 0.3 is 11.9 Å². The molecule has 5 heteroatoms. The lowest BCUT2D eigenvalue weighted by atomic mass is 9.90. The summed E-state index contributed by atoms with van der Waals surface area (Å²) in [6.45, 7) is 2.98.